The lowest BCUT2D eigenvalue weighted by molar-refractivity contribution is 0.332. The first kappa shape index (κ1) is 39.8. The zero-order chi connectivity index (χ0) is 45.1. The van der Waals surface area contributed by atoms with Crippen LogP contribution >= 0.6 is 0 Å². The summed E-state index contributed by atoms with van der Waals surface area (Å²) in [6.07, 6.45) is 2.26. The van der Waals surface area contributed by atoms with E-state index in [1.165, 1.54) is 83.6 Å². The van der Waals surface area contributed by atoms with Crippen molar-refractivity contribution in [3.63, 3.8) is 0 Å². The molecule has 9 aromatic carbocycles. The molecule has 1 aliphatic carbocycles. The maximum absolute atomic E-state index is 7.03. The highest BCUT2D eigenvalue weighted by Crippen LogP contribution is 2.59. The third-order valence-electron chi connectivity index (χ3n) is 15.6. The summed E-state index contributed by atoms with van der Waals surface area (Å²) in [5.74, 6) is 0. The van der Waals surface area contributed by atoms with Crippen LogP contribution in [0.2, 0.25) is 0 Å². The van der Waals surface area contributed by atoms with E-state index in [4.69, 9.17) is 4.42 Å². The zero-order valence-corrected chi connectivity index (χ0v) is 38.5. The molecule has 0 unspecified atom stereocenters. The molecule has 0 amide bonds. The molecule has 0 spiro atoms. The van der Waals surface area contributed by atoms with E-state index in [9.17, 15) is 0 Å². The van der Waals surface area contributed by atoms with Gasteiger partial charge in [0.25, 0.3) is 0 Å². The van der Waals surface area contributed by atoms with Gasteiger partial charge in [-0.15, -0.1) is 0 Å². The summed E-state index contributed by atoms with van der Waals surface area (Å²) in [4.78, 5) is 2.58. The molecule has 1 N–H and O–H groups in total. The van der Waals surface area contributed by atoms with Gasteiger partial charge >= 0.3 is 0 Å². The highest BCUT2D eigenvalue weighted by molar-refractivity contribution is 6.74. The summed E-state index contributed by atoms with van der Waals surface area (Å²) >= 11 is 0. The van der Waals surface area contributed by atoms with E-state index in [-0.39, 0.29) is 10.8 Å². The summed E-state index contributed by atoms with van der Waals surface area (Å²) in [5, 5.41) is 6.36. The fraction of sp³-hybridized carbons (Fsp3) is 0.143. The van der Waals surface area contributed by atoms with Crippen LogP contribution in [-0.2, 0) is 16.2 Å². The third kappa shape index (κ3) is 5.91. The fourth-order valence-corrected chi connectivity index (χ4v) is 12.2. The highest BCUT2D eigenvalue weighted by atomic mass is 16.3. The first-order valence-electron chi connectivity index (χ1n) is 23.9. The average Bonchev–Trinajstić information content (AvgIpc) is 3.74. The van der Waals surface area contributed by atoms with E-state index in [1.54, 1.807) is 0 Å². The predicted octanol–water partition coefficient (Wildman–Crippen LogP) is 14.9. The maximum atomic E-state index is 7.03. The van der Waals surface area contributed by atoms with Gasteiger partial charge in [0.1, 0.15) is 11.2 Å². The van der Waals surface area contributed by atoms with E-state index < -0.39 is 5.41 Å². The lowest BCUT2D eigenvalue weighted by Crippen LogP contribution is -2.47. The summed E-state index contributed by atoms with van der Waals surface area (Å²) in [6, 6.07) is 74.1. The topological polar surface area (TPSA) is 28.4 Å². The molecule has 0 saturated heterocycles. The van der Waals surface area contributed by atoms with Crippen LogP contribution in [0.1, 0.15) is 73.9 Å². The molecule has 0 atom stereocenters. The minimum Gasteiger partial charge on any atom is -0.456 e. The Balaban J connectivity index is 1.11. The van der Waals surface area contributed by atoms with Crippen molar-refractivity contribution < 1.29 is 4.42 Å². The molecule has 4 heteroatoms. The molecular weight excluding hydrogens is 812 g/mol. The van der Waals surface area contributed by atoms with Gasteiger partial charge in [-0.1, -0.05) is 191 Å². The van der Waals surface area contributed by atoms with Crippen LogP contribution in [0.5, 0.6) is 0 Å². The smallest absolute Gasteiger partial charge is 0.198 e. The third-order valence-corrected chi connectivity index (χ3v) is 15.6. The molecule has 3 nitrogen and oxygen atoms in total. The molecule has 3 aliphatic rings. The van der Waals surface area contributed by atoms with E-state index in [2.05, 4.69) is 238 Å². The Morgan fingerprint density at radius 3 is 1.82 bits per heavy atom. The minimum absolute atomic E-state index is 0.00654. The Morgan fingerprint density at radius 1 is 0.507 bits per heavy atom. The number of anilines is 5. The number of rotatable bonds is 6. The van der Waals surface area contributed by atoms with Gasteiger partial charge < -0.3 is 14.6 Å². The van der Waals surface area contributed by atoms with Gasteiger partial charge in [-0.05, 0) is 116 Å². The van der Waals surface area contributed by atoms with Gasteiger partial charge in [0.05, 0.1) is 11.1 Å². The van der Waals surface area contributed by atoms with Crippen molar-refractivity contribution >= 4 is 68.6 Å². The molecule has 1 aromatic heterocycles. The molecular formula is C63H51BN2O. The molecule has 67 heavy (non-hydrogen) atoms. The molecule has 0 fully saturated rings. The van der Waals surface area contributed by atoms with Crippen molar-refractivity contribution in [2.24, 2.45) is 0 Å². The first-order valence-corrected chi connectivity index (χ1v) is 23.9. The Hall–Kier alpha value is -7.56. The molecule has 0 bridgehead atoms. The van der Waals surface area contributed by atoms with Crippen LogP contribution < -0.4 is 21.1 Å². The normalized spacial score (nSPS) is 15.8. The zero-order valence-electron chi connectivity index (χ0n) is 38.5. The number of hydrogen-bond donors (Lipinski definition) is 1. The summed E-state index contributed by atoms with van der Waals surface area (Å²) < 4.78 is 7.03. The van der Waals surface area contributed by atoms with Gasteiger partial charge in [-0.25, -0.2) is 0 Å². The standard InChI is InChI=1S/C63H51BN2O/c1-61(2)35-36-62(3,4)50-38-52(65-44-33-31-41(32-34-44)40-19-8-5-9-20-40)46(37-49(50)61)58-57-45-25-14-17-30-55(45)67-56(57)39-54-59(58)64-51-28-18-27-48-60(51)66(54)53-29-16-15-26-47(53)63(48,42-21-10-6-11-22-42)43-23-12-7-13-24-43/h5-34,37-39,64-65H,35-36H2,1-4H3. The molecule has 13 rings (SSSR count). The van der Waals surface area contributed by atoms with Crippen LogP contribution in [0.3, 0.4) is 0 Å². The number of furan rings is 1. The number of hydrogen-bond acceptors (Lipinski definition) is 3. The Labute approximate surface area is 394 Å². The molecule has 0 radical (unpaired) electrons. The lowest BCUT2D eigenvalue weighted by Gasteiger charge is -2.49. The monoisotopic (exact) mass is 862 g/mol. The summed E-state index contributed by atoms with van der Waals surface area (Å²) in [7, 11) is 0.763. The second kappa shape index (κ2) is 14.7. The van der Waals surface area contributed by atoms with Crippen molar-refractivity contribution in [2.45, 2.75) is 56.8 Å². The van der Waals surface area contributed by atoms with Crippen LogP contribution in [-0.4, -0.2) is 7.28 Å². The van der Waals surface area contributed by atoms with Crippen molar-refractivity contribution in [3.8, 4) is 22.3 Å². The Morgan fingerprint density at radius 2 is 1.10 bits per heavy atom. The molecule has 3 heterocycles. The molecule has 0 saturated carbocycles. The SMILES string of the molecule is CC1(C)CCC(C)(C)c2cc(-c3c4c(cc5oc6ccccc6c35)N3c5ccccc5C(c5ccccc5)(c5ccccc5)c5cccc(c53)B4)c(Nc3ccc(-c4ccccc4)cc3)cc21. The maximum Gasteiger partial charge on any atom is 0.198 e. The highest BCUT2D eigenvalue weighted by Gasteiger charge is 2.49. The van der Waals surface area contributed by atoms with Crippen LogP contribution in [0.25, 0.3) is 44.2 Å². The van der Waals surface area contributed by atoms with E-state index in [0.29, 0.717) is 0 Å². The van der Waals surface area contributed by atoms with Gasteiger partial charge in [-0.3, -0.25) is 0 Å². The van der Waals surface area contributed by atoms with Crippen molar-refractivity contribution in [3.05, 3.63) is 234 Å². The first-order chi connectivity index (χ1) is 32.7. The van der Waals surface area contributed by atoms with E-state index in [0.717, 1.165) is 53.4 Å². The minimum atomic E-state index is -0.547. The number of nitrogens with zero attached hydrogens (tertiary/aromatic N) is 1. The summed E-state index contributed by atoms with van der Waals surface area (Å²) in [5.41, 5.74) is 22.4. The fourth-order valence-electron chi connectivity index (χ4n) is 12.2. The van der Waals surface area contributed by atoms with Crippen molar-refractivity contribution in [2.75, 3.05) is 10.2 Å². The molecule has 10 aromatic rings. The quantitative estimate of drug-likeness (QED) is 0.169. The van der Waals surface area contributed by atoms with Crippen LogP contribution in [0.15, 0.2) is 205 Å². The number of para-hydroxylation sites is 3. The predicted molar refractivity (Wildman–Crippen MR) is 283 cm³/mol. The van der Waals surface area contributed by atoms with Gasteiger partial charge in [0, 0.05) is 45.2 Å². The number of fused-ring (bicyclic) bond motifs is 8. The van der Waals surface area contributed by atoms with Gasteiger partial charge in [0.15, 0.2) is 7.28 Å². The van der Waals surface area contributed by atoms with E-state index >= 15 is 0 Å². The molecule has 322 valence electrons. The van der Waals surface area contributed by atoms with Crippen LogP contribution in [0.4, 0.5) is 28.4 Å². The van der Waals surface area contributed by atoms with Gasteiger partial charge in [-0.2, -0.15) is 0 Å². The largest absolute Gasteiger partial charge is 0.456 e. The van der Waals surface area contributed by atoms with Crippen LogP contribution in [0, 0.1) is 0 Å². The van der Waals surface area contributed by atoms with E-state index in [1.807, 2.05) is 0 Å². The lowest BCUT2D eigenvalue weighted by atomic mass is 9.54. The van der Waals surface area contributed by atoms with Crippen molar-refractivity contribution in [1.29, 1.82) is 0 Å². The second-order valence-electron chi connectivity index (χ2n) is 20.3. The average molecular weight is 863 g/mol. The van der Waals surface area contributed by atoms with Crippen molar-refractivity contribution in [1.82, 2.24) is 0 Å². The number of benzene rings is 9. The Kier molecular flexibility index (Phi) is 8.74. The Bertz CT molecular complexity index is 3530. The van der Waals surface area contributed by atoms with Gasteiger partial charge in [0.2, 0.25) is 0 Å². The summed E-state index contributed by atoms with van der Waals surface area (Å²) in [6.45, 7) is 9.74. The number of nitrogens with one attached hydrogen (secondary N) is 1. The second-order valence-corrected chi connectivity index (χ2v) is 20.3. The molecule has 2 aliphatic heterocycles.